The molecule has 102 valence electrons. The molecular weight excluding hydrogens is 246 g/mol. The zero-order valence-electron chi connectivity index (χ0n) is 11.8. The minimum atomic E-state index is 0.369. The fourth-order valence-corrected chi connectivity index (χ4v) is 2.32. The van der Waals surface area contributed by atoms with Gasteiger partial charge in [-0.1, -0.05) is 44.9 Å². The summed E-state index contributed by atoms with van der Waals surface area (Å²) in [6.45, 7) is 7.61. The van der Waals surface area contributed by atoms with Gasteiger partial charge >= 0.3 is 0 Å². The summed E-state index contributed by atoms with van der Waals surface area (Å²) in [5.41, 5.74) is 1.24. The van der Waals surface area contributed by atoms with Crippen LogP contribution in [0.1, 0.15) is 45.2 Å². The lowest BCUT2D eigenvalue weighted by Crippen LogP contribution is -2.22. The van der Waals surface area contributed by atoms with Crippen LogP contribution in [0, 0.1) is 5.92 Å². The van der Waals surface area contributed by atoms with Crippen LogP contribution in [0.25, 0.3) is 0 Å². The summed E-state index contributed by atoms with van der Waals surface area (Å²) in [5.74, 6) is 1.44. The maximum absolute atomic E-state index is 6.19. The predicted molar refractivity (Wildman–Crippen MR) is 78.5 cm³/mol. The Morgan fingerprint density at radius 3 is 2.56 bits per heavy atom. The number of benzene rings is 1. The summed E-state index contributed by atoms with van der Waals surface area (Å²) < 4.78 is 5.19. The molecule has 1 N–H and O–H groups in total. The van der Waals surface area contributed by atoms with Crippen LogP contribution in [-0.4, -0.2) is 13.7 Å². The van der Waals surface area contributed by atoms with Crippen LogP contribution >= 0.6 is 11.6 Å². The SMILES string of the molecule is CCNC(CC(C)CC)c1ccc(OC)c(Cl)c1. The van der Waals surface area contributed by atoms with Gasteiger partial charge in [0.1, 0.15) is 5.75 Å². The molecule has 2 nitrogen and oxygen atoms in total. The monoisotopic (exact) mass is 269 g/mol. The number of methoxy groups -OCH3 is 1. The van der Waals surface area contributed by atoms with Crippen LogP contribution in [0.3, 0.4) is 0 Å². The maximum atomic E-state index is 6.19. The normalized spacial score (nSPS) is 14.3. The Morgan fingerprint density at radius 1 is 1.33 bits per heavy atom. The van der Waals surface area contributed by atoms with E-state index in [4.69, 9.17) is 16.3 Å². The van der Waals surface area contributed by atoms with Crippen molar-refractivity contribution in [3.05, 3.63) is 28.8 Å². The smallest absolute Gasteiger partial charge is 0.137 e. The number of ether oxygens (including phenoxy) is 1. The van der Waals surface area contributed by atoms with Gasteiger partial charge < -0.3 is 10.1 Å². The molecule has 0 saturated heterocycles. The van der Waals surface area contributed by atoms with Crippen LogP contribution in [-0.2, 0) is 0 Å². The lowest BCUT2D eigenvalue weighted by Gasteiger charge is -2.22. The van der Waals surface area contributed by atoms with Gasteiger partial charge in [-0.05, 0) is 36.6 Å². The zero-order chi connectivity index (χ0) is 13.5. The Hall–Kier alpha value is -0.730. The van der Waals surface area contributed by atoms with Crippen molar-refractivity contribution in [3.63, 3.8) is 0 Å². The van der Waals surface area contributed by atoms with Crippen molar-refractivity contribution in [1.82, 2.24) is 5.32 Å². The average Bonchev–Trinajstić information content (AvgIpc) is 2.38. The number of rotatable bonds is 7. The molecule has 1 rings (SSSR count). The summed E-state index contributed by atoms with van der Waals surface area (Å²) in [5, 5.41) is 4.21. The third-order valence-corrected chi connectivity index (χ3v) is 3.66. The largest absolute Gasteiger partial charge is 0.495 e. The van der Waals surface area contributed by atoms with Crippen LogP contribution in [0.2, 0.25) is 5.02 Å². The molecule has 1 aromatic carbocycles. The van der Waals surface area contributed by atoms with Crippen LogP contribution in [0.15, 0.2) is 18.2 Å². The van der Waals surface area contributed by atoms with Gasteiger partial charge in [-0.3, -0.25) is 0 Å². The summed E-state index contributed by atoms with van der Waals surface area (Å²) in [7, 11) is 1.64. The number of hydrogen-bond donors (Lipinski definition) is 1. The first-order valence-electron chi connectivity index (χ1n) is 6.69. The van der Waals surface area contributed by atoms with Crippen molar-refractivity contribution >= 4 is 11.6 Å². The van der Waals surface area contributed by atoms with Crippen molar-refractivity contribution in [1.29, 1.82) is 0 Å². The van der Waals surface area contributed by atoms with Gasteiger partial charge in [-0.25, -0.2) is 0 Å². The third-order valence-electron chi connectivity index (χ3n) is 3.36. The summed E-state index contributed by atoms with van der Waals surface area (Å²) in [4.78, 5) is 0. The van der Waals surface area contributed by atoms with E-state index in [9.17, 15) is 0 Å². The fraction of sp³-hybridized carbons (Fsp3) is 0.600. The quantitative estimate of drug-likeness (QED) is 0.790. The number of hydrogen-bond acceptors (Lipinski definition) is 2. The van der Waals surface area contributed by atoms with Gasteiger partial charge in [0.25, 0.3) is 0 Å². The maximum Gasteiger partial charge on any atom is 0.137 e. The van der Waals surface area contributed by atoms with Gasteiger partial charge in [0.05, 0.1) is 12.1 Å². The lowest BCUT2D eigenvalue weighted by atomic mass is 9.94. The Labute approximate surface area is 116 Å². The Kier molecular flexibility index (Phi) is 6.51. The Bertz CT molecular complexity index is 368. The first-order chi connectivity index (χ1) is 8.62. The Balaban J connectivity index is 2.87. The second kappa shape index (κ2) is 7.65. The Morgan fingerprint density at radius 2 is 2.06 bits per heavy atom. The second-order valence-corrected chi connectivity index (χ2v) is 5.16. The van der Waals surface area contributed by atoms with Crippen molar-refractivity contribution in [3.8, 4) is 5.75 Å². The predicted octanol–water partition coefficient (Wildman–Crippen LogP) is 4.44. The molecule has 0 aliphatic carbocycles. The highest BCUT2D eigenvalue weighted by Gasteiger charge is 2.15. The molecule has 0 spiro atoms. The molecule has 0 aliphatic heterocycles. The molecule has 2 atom stereocenters. The number of nitrogens with one attached hydrogen (secondary N) is 1. The van der Waals surface area contributed by atoms with E-state index in [0.29, 0.717) is 17.0 Å². The van der Waals surface area contributed by atoms with Gasteiger partial charge in [0.15, 0.2) is 0 Å². The van der Waals surface area contributed by atoms with E-state index < -0.39 is 0 Å². The molecule has 0 radical (unpaired) electrons. The van der Waals surface area contributed by atoms with E-state index in [2.05, 4.69) is 32.2 Å². The van der Waals surface area contributed by atoms with Crippen molar-refractivity contribution < 1.29 is 4.74 Å². The van der Waals surface area contributed by atoms with Crippen LogP contribution in [0.5, 0.6) is 5.75 Å². The zero-order valence-corrected chi connectivity index (χ0v) is 12.6. The minimum absolute atomic E-state index is 0.369. The van der Waals surface area contributed by atoms with Gasteiger partial charge in [-0.2, -0.15) is 0 Å². The van der Waals surface area contributed by atoms with Crippen LogP contribution < -0.4 is 10.1 Å². The van der Waals surface area contributed by atoms with Gasteiger partial charge in [0.2, 0.25) is 0 Å². The van der Waals surface area contributed by atoms with E-state index in [0.717, 1.165) is 18.7 Å². The first kappa shape index (κ1) is 15.3. The van der Waals surface area contributed by atoms with E-state index in [1.54, 1.807) is 7.11 Å². The van der Waals surface area contributed by atoms with E-state index >= 15 is 0 Å². The molecule has 0 aliphatic rings. The molecule has 18 heavy (non-hydrogen) atoms. The van der Waals surface area contributed by atoms with E-state index in [1.165, 1.54) is 12.0 Å². The van der Waals surface area contributed by atoms with Crippen LogP contribution in [0.4, 0.5) is 0 Å². The van der Waals surface area contributed by atoms with Crippen molar-refractivity contribution in [2.45, 2.75) is 39.7 Å². The fourth-order valence-electron chi connectivity index (χ4n) is 2.05. The van der Waals surface area contributed by atoms with Crippen molar-refractivity contribution in [2.24, 2.45) is 5.92 Å². The van der Waals surface area contributed by atoms with E-state index in [1.807, 2.05) is 12.1 Å². The molecule has 0 aromatic heterocycles. The highest BCUT2D eigenvalue weighted by molar-refractivity contribution is 6.32. The summed E-state index contributed by atoms with van der Waals surface area (Å²) in [6, 6.07) is 6.42. The lowest BCUT2D eigenvalue weighted by molar-refractivity contribution is 0.404. The second-order valence-electron chi connectivity index (χ2n) is 4.75. The third kappa shape index (κ3) is 4.18. The highest BCUT2D eigenvalue weighted by Crippen LogP contribution is 2.30. The number of halogens is 1. The summed E-state index contributed by atoms with van der Waals surface area (Å²) >= 11 is 6.19. The van der Waals surface area contributed by atoms with E-state index in [-0.39, 0.29) is 0 Å². The molecule has 1 aromatic rings. The van der Waals surface area contributed by atoms with Crippen molar-refractivity contribution in [2.75, 3.05) is 13.7 Å². The highest BCUT2D eigenvalue weighted by atomic mass is 35.5. The molecule has 2 unspecified atom stereocenters. The molecule has 0 fully saturated rings. The first-order valence-corrected chi connectivity index (χ1v) is 7.06. The molecule has 0 amide bonds. The van der Waals surface area contributed by atoms with Gasteiger partial charge in [-0.15, -0.1) is 0 Å². The molecule has 0 saturated carbocycles. The molecule has 0 heterocycles. The molecule has 0 bridgehead atoms. The summed E-state index contributed by atoms with van der Waals surface area (Å²) in [6.07, 6.45) is 2.33. The standard InChI is InChI=1S/C15H24ClNO/c1-5-11(3)9-14(17-6-2)12-7-8-15(18-4)13(16)10-12/h7-8,10-11,14,17H,5-6,9H2,1-4H3. The topological polar surface area (TPSA) is 21.3 Å². The van der Waals surface area contributed by atoms with Gasteiger partial charge in [0, 0.05) is 6.04 Å². The molecule has 3 heteroatoms. The average molecular weight is 270 g/mol. The minimum Gasteiger partial charge on any atom is -0.495 e. The molecular formula is C15H24ClNO.